The molecule has 122 valence electrons. The minimum Gasteiger partial charge on any atom is -0.350 e. The van der Waals surface area contributed by atoms with Gasteiger partial charge in [-0.2, -0.15) is 11.3 Å². The molecule has 0 aliphatic heterocycles. The number of hydrogen-bond donors (Lipinski definition) is 1. The summed E-state index contributed by atoms with van der Waals surface area (Å²) in [6.07, 6.45) is 3.06. The molecular weight excluding hydrogens is 349 g/mol. The molecule has 1 aromatic carbocycles. The van der Waals surface area contributed by atoms with Gasteiger partial charge in [-0.25, -0.2) is 4.39 Å². The van der Waals surface area contributed by atoms with Crippen LogP contribution in [0.15, 0.2) is 47.4 Å². The Morgan fingerprint density at radius 3 is 2.83 bits per heavy atom. The van der Waals surface area contributed by atoms with Gasteiger partial charge < -0.3 is 5.32 Å². The number of carbonyl (C=O) groups is 1. The van der Waals surface area contributed by atoms with Crippen LogP contribution in [-0.2, 0) is 17.8 Å². The van der Waals surface area contributed by atoms with Gasteiger partial charge in [0.15, 0.2) is 0 Å². The van der Waals surface area contributed by atoms with Gasteiger partial charge in [0, 0.05) is 33.9 Å². The maximum absolute atomic E-state index is 13.7. The first-order valence-electron chi connectivity index (χ1n) is 7.17. The summed E-state index contributed by atoms with van der Waals surface area (Å²) in [6.45, 7) is 0.212. The molecular formula is C17H13ClFN3OS. The molecule has 2 heterocycles. The third-order valence-electron chi connectivity index (χ3n) is 3.42. The van der Waals surface area contributed by atoms with E-state index in [0.717, 1.165) is 11.3 Å². The number of carbonyl (C=O) groups excluding carboxylic acids is 1. The molecule has 0 aliphatic carbocycles. The highest BCUT2D eigenvalue weighted by Gasteiger charge is 2.13. The van der Waals surface area contributed by atoms with E-state index in [-0.39, 0.29) is 29.5 Å². The molecule has 1 N–H and O–H groups in total. The molecule has 0 fully saturated rings. The van der Waals surface area contributed by atoms with Crippen LogP contribution in [0.25, 0.3) is 11.3 Å². The molecule has 0 radical (unpaired) electrons. The Kier molecular flexibility index (Phi) is 5.17. The zero-order valence-corrected chi connectivity index (χ0v) is 14.1. The summed E-state index contributed by atoms with van der Waals surface area (Å²) in [5, 5.41) is 6.90. The van der Waals surface area contributed by atoms with Crippen molar-refractivity contribution in [3.8, 4) is 11.3 Å². The van der Waals surface area contributed by atoms with Crippen LogP contribution in [0.5, 0.6) is 0 Å². The van der Waals surface area contributed by atoms with Crippen LogP contribution in [-0.4, -0.2) is 15.9 Å². The lowest BCUT2D eigenvalue weighted by molar-refractivity contribution is -0.120. The second-order valence-corrected chi connectivity index (χ2v) is 6.20. The van der Waals surface area contributed by atoms with Crippen LogP contribution in [0.4, 0.5) is 4.39 Å². The fraction of sp³-hybridized carbons (Fsp3) is 0.118. The number of nitrogens with one attached hydrogen (secondary N) is 1. The highest BCUT2D eigenvalue weighted by molar-refractivity contribution is 7.08. The predicted molar refractivity (Wildman–Crippen MR) is 92.3 cm³/mol. The van der Waals surface area contributed by atoms with E-state index in [4.69, 9.17) is 11.6 Å². The van der Waals surface area contributed by atoms with Crippen molar-refractivity contribution in [2.75, 3.05) is 0 Å². The Morgan fingerprint density at radius 1 is 1.25 bits per heavy atom. The standard InChI is InChI=1S/C17H13ClFN3OS/c18-13-2-1-3-14(19)12(13)8-16(23)22-9-15-17(21-6-5-20-15)11-4-7-24-10-11/h1-7,10H,8-9H2,(H,22,23). The Morgan fingerprint density at radius 2 is 2.08 bits per heavy atom. The van der Waals surface area contributed by atoms with E-state index in [2.05, 4.69) is 15.3 Å². The summed E-state index contributed by atoms with van der Waals surface area (Å²) in [6, 6.07) is 6.29. The maximum Gasteiger partial charge on any atom is 0.224 e. The number of rotatable bonds is 5. The lowest BCUT2D eigenvalue weighted by atomic mass is 10.1. The first-order chi connectivity index (χ1) is 11.6. The Hall–Kier alpha value is -2.31. The highest BCUT2D eigenvalue weighted by atomic mass is 35.5. The molecule has 0 saturated heterocycles. The summed E-state index contributed by atoms with van der Waals surface area (Å²) in [5.74, 6) is -0.819. The third kappa shape index (κ3) is 3.77. The fourth-order valence-corrected chi connectivity index (χ4v) is 3.11. The minimum atomic E-state index is -0.490. The number of thiophene rings is 1. The summed E-state index contributed by atoms with van der Waals surface area (Å²) < 4.78 is 13.7. The second kappa shape index (κ2) is 7.51. The lowest BCUT2D eigenvalue weighted by Crippen LogP contribution is -2.26. The zero-order valence-electron chi connectivity index (χ0n) is 12.5. The number of nitrogens with zero attached hydrogens (tertiary/aromatic N) is 2. The van der Waals surface area contributed by atoms with E-state index >= 15 is 0 Å². The van der Waals surface area contributed by atoms with Crippen molar-refractivity contribution in [3.05, 3.63) is 69.5 Å². The van der Waals surface area contributed by atoms with Crippen molar-refractivity contribution >= 4 is 28.8 Å². The molecule has 3 rings (SSSR count). The van der Waals surface area contributed by atoms with E-state index in [0.29, 0.717) is 5.69 Å². The molecule has 0 atom stereocenters. The second-order valence-electron chi connectivity index (χ2n) is 5.02. The van der Waals surface area contributed by atoms with E-state index < -0.39 is 5.82 Å². The minimum absolute atomic E-state index is 0.125. The molecule has 0 aliphatic rings. The van der Waals surface area contributed by atoms with Crippen molar-refractivity contribution in [2.24, 2.45) is 0 Å². The fourth-order valence-electron chi connectivity index (χ4n) is 2.24. The first kappa shape index (κ1) is 16.5. The summed E-state index contributed by atoms with van der Waals surface area (Å²) in [7, 11) is 0. The van der Waals surface area contributed by atoms with Gasteiger partial charge in [0.05, 0.1) is 24.4 Å². The monoisotopic (exact) mass is 361 g/mol. The molecule has 2 aromatic heterocycles. The predicted octanol–water partition coefficient (Wildman–Crippen LogP) is 3.86. The molecule has 0 bridgehead atoms. The van der Waals surface area contributed by atoms with E-state index in [1.54, 1.807) is 29.8 Å². The van der Waals surface area contributed by atoms with E-state index in [9.17, 15) is 9.18 Å². The molecule has 1 amide bonds. The smallest absolute Gasteiger partial charge is 0.224 e. The van der Waals surface area contributed by atoms with Gasteiger partial charge in [0.1, 0.15) is 5.82 Å². The normalized spacial score (nSPS) is 10.6. The average Bonchev–Trinajstić information content (AvgIpc) is 3.11. The summed E-state index contributed by atoms with van der Waals surface area (Å²) >= 11 is 7.50. The van der Waals surface area contributed by atoms with Crippen LogP contribution >= 0.6 is 22.9 Å². The Balaban J connectivity index is 1.69. The number of amides is 1. The van der Waals surface area contributed by atoms with Crippen molar-refractivity contribution in [2.45, 2.75) is 13.0 Å². The molecule has 24 heavy (non-hydrogen) atoms. The van der Waals surface area contributed by atoms with Crippen LogP contribution < -0.4 is 5.32 Å². The van der Waals surface area contributed by atoms with Gasteiger partial charge in [-0.3, -0.25) is 14.8 Å². The van der Waals surface area contributed by atoms with E-state index in [1.807, 2.05) is 16.8 Å². The first-order valence-corrected chi connectivity index (χ1v) is 8.49. The van der Waals surface area contributed by atoms with Crippen LogP contribution in [0, 0.1) is 5.82 Å². The van der Waals surface area contributed by atoms with Crippen molar-refractivity contribution < 1.29 is 9.18 Å². The van der Waals surface area contributed by atoms with Crippen LogP contribution in [0.1, 0.15) is 11.3 Å². The maximum atomic E-state index is 13.7. The quantitative estimate of drug-likeness (QED) is 0.750. The SMILES string of the molecule is O=C(Cc1c(F)cccc1Cl)NCc1nccnc1-c1ccsc1. The number of benzene rings is 1. The summed E-state index contributed by atoms with van der Waals surface area (Å²) in [5.41, 5.74) is 2.52. The number of aromatic nitrogens is 2. The molecule has 7 heteroatoms. The van der Waals surface area contributed by atoms with Crippen molar-refractivity contribution in [1.82, 2.24) is 15.3 Å². The van der Waals surface area contributed by atoms with Gasteiger partial charge in [-0.05, 0) is 23.6 Å². The van der Waals surface area contributed by atoms with Crippen LogP contribution in [0.3, 0.4) is 0 Å². The molecule has 0 unspecified atom stereocenters. The molecule has 0 spiro atoms. The number of halogens is 2. The zero-order chi connectivity index (χ0) is 16.9. The highest BCUT2D eigenvalue weighted by Crippen LogP contribution is 2.22. The molecule has 3 aromatic rings. The molecule has 4 nitrogen and oxygen atoms in total. The lowest BCUT2D eigenvalue weighted by Gasteiger charge is -2.09. The Labute approximate surface area is 147 Å². The Bertz CT molecular complexity index is 835. The molecule has 0 saturated carbocycles. The average molecular weight is 362 g/mol. The van der Waals surface area contributed by atoms with Crippen molar-refractivity contribution in [1.29, 1.82) is 0 Å². The summed E-state index contributed by atoms with van der Waals surface area (Å²) in [4.78, 5) is 20.7. The van der Waals surface area contributed by atoms with Gasteiger partial charge >= 0.3 is 0 Å². The van der Waals surface area contributed by atoms with Gasteiger partial charge in [-0.1, -0.05) is 17.7 Å². The van der Waals surface area contributed by atoms with Gasteiger partial charge in [-0.15, -0.1) is 0 Å². The topological polar surface area (TPSA) is 54.9 Å². The van der Waals surface area contributed by atoms with Gasteiger partial charge in [0.2, 0.25) is 5.91 Å². The number of hydrogen-bond acceptors (Lipinski definition) is 4. The van der Waals surface area contributed by atoms with Crippen molar-refractivity contribution in [3.63, 3.8) is 0 Å². The third-order valence-corrected chi connectivity index (χ3v) is 4.46. The largest absolute Gasteiger partial charge is 0.350 e. The van der Waals surface area contributed by atoms with Crippen LogP contribution in [0.2, 0.25) is 5.02 Å². The van der Waals surface area contributed by atoms with Gasteiger partial charge in [0.25, 0.3) is 0 Å². The van der Waals surface area contributed by atoms with E-state index in [1.165, 1.54) is 12.1 Å².